The molecule has 4 nitrogen and oxygen atoms in total. The molecule has 0 aliphatic carbocycles. The number of fused-ring (bicyclic) bond motifs is 1. The fourth-order valence-corrected chi connectivity index (χ4v) is 4.58. The maximum atomic E-state index is 9.06. The molecule has 3 aromatic rings. The highest BCUT2D eigenvalue weighted by Gasteiger charge is 2.10. The Balaban J connectivity index is 1.90. The molecule has 20 heavy (non-hydrogen) atoms. The fraction of sp³-hybridized carbons (Fsp3) is 0.0769. The van der Waals surface area contributed by atoms with Gasteiger partial charge in [0.15, 0.2) is 3.92 Å². The van der Waals surface area contributed by atoms with E-state index in [1.54, 1.807) is 17.5 Å². The molecule has 100 valence electrons. The van der Waals surface area contributed by atoms with Crippen LogP contribution in [0, 0.1) is 18.3 Å². The number of aromatic amines is 1. The maximum Gasteiger partial charge on any atom is 0.160 e. The first-order valence-corrected chi connectivity index (χ1v) is 8.17. The predicted molar refractivity (Wildman–Crippen MR) is 87.0 cm³/mol. The highest BCUT2D eigenvalue weighted by molar-refractivity contribution is 9.11. The highest BCUT2D eigenvalue weighted by Crippen LogP contribution is 2.34. The van der Waals surface area contributed by atoms with Crippen molar-refractivity contribution >= 4 is 55.8 Å². The van der Waals surface area contributed by atoms with Gasteiger partial charge in [-0.15, -0.1) is 0 Å². The molecule has 0 fully saturated rings. The monoisotopic (exact) mass is 364 g/mol. The molecule has 0 radical (unpaired) electrons. The Hall–Kier alpha value is -1.49. The summed E-state index contributed by atoms with van der Waals surface area (Å²) < 4.78 is 5.31. The molecule has 2 heterocycles. The SMILES string of the molecule is Cc1nc(Br)sc1SNc1cccc2c(C#N)c[nH]c12. The number of benzene rings is 1. The molecule has 0 spiro atoms. The summed E-state index contributed by atoms with van der Waals surface area (Å²) in [5.74, 6) is 0. The predicted octanol–water partition coefficient (Wildman–Crippen LogP) is 4.69. The lowest BCUT2D eigenvalue weighted by Crippen LogP contribution is -1.88. The van der Waals surface area contributed by atoms with Crippen molar-refractivity contribution in [2.75, 3.05) is 4.72 Å². The Morgan fingerprint density at radius 2 is 2.35 bits per heavy atom. The summed E-state index contributed by atoms with van der Waals surface area (Å²) in [6, 6.07) is 8.05. The summed E-state index contributed by atoms with van der Waals surface area (Å²) in [5, 5.41) is 9.99. The smallest absolute Gasteiger partial charge is 0.160 e. The molecule has 0 aliphatic heterocycles. The quantitative estimate of drug-likeness (QED) is 0.661. The van der Waals surface area contributed by atoms with E-state index >= 15 is 0 Å². The van der Waals surface area contributed by atoms with E-state index in [0.717, 1.165) is 30.4 Å². The first kappa shape index (κ1) is 13.5. The molecule has 0 saturated heterocycles. The van der Waals surface area contributed by atoms with Gasteiger partial charge in [0.25, 0.3) is 0 Å². The van der Waals surface area contributed by atoms with Gasteiger partial charge in [0.2, 0.25) is 0 Å². The number of aromatic nitrogens is 2. The number of thiazole rings is 1. The van der Waals surface area contributed by atoms with E-state index in [2.05, 4.69) is 36.7 Å². The number of aryl methyl sites for hydroxylation is 1. The average Bonchev–Trinajstić information content (AvgIpc) is 2.99. The zero-order valence-electron chi connectivity index (χ0n) is 10.4. The van der Waals surface area contributed by atoms with Crippen molar-refractivity contribution in [2.24, 2.45) is 0 Å². The molecule has 3 rings (SSSR count). The van der Waals surface area contributed by atoms with Crippen LogP contribution in [0.2, 0.25) is 0 Å². The number of anilines is 1. The van der Waals surface area contributed by atoms with Gasteiger partial charge in [-0.1, -0.05) is 23.5 Å². The lowest BCUT2D eigenvalue weighted by atomic mass is 10.2. The van der Waals surface area contributed by atoms with E-state index in [9.17, 15) is 0 Å². The van der Waals surface area contributed by atoms with Crippen LogP contribution in [-0.4, -0.2) is 9.97 Å². The molecule has 0 atom stereocenters. The largest absolute Gasteiger partial charge is 0.358 e. The van der Waals surface area contributed by atoms with E-state index in [1.807, 2.05) is 25.1 Å². The molecular formula is C13H9BrN4S2. The van der Waals surface area contributed by atoms with Crippen molar-refractivity contribution in [1.29, 1.82) is 5.26 Å². The summed E-state index contributed by atoms with van der Waals surface area (Å²) in [5.41, 5.74) is 3.55. The summed E-state index contributed by atoms with van der Waals surface area (Å²) in [6.07, 6.45) is 1.73. The van der Waals surface area contributed by atoms with E-state index < -0.39 is 0 Å². The van der Waals surface area contributed by atoms with Gasteiger partial charge < -0.3 is 9.71 Å². The van der Waals surface area contributed by atoms with Crippen LogP contribution in [0.4, 0.5) is 5.69 Å². The van der Waals surface area contributed by atoms with E-state index in [4.69, 9.17) is 5.26 Å². The van der Waals surface area contributed by atoms with Crippen LogP contribution in [0.25, 0.3) is 10.9 Å². The Labute approximate surface area is 132 Å². The number of rotatable bonds is 3. The van der Waals surface area contributed by atoms with Gasteiger partial charge in [-0.2, -0.15) is 5.26 Å². The van der Waals surface area contributed by atoms with Gasteiger partial charge in [0, 0.05) is 11.6 Å². The first-order chi connectivity index (χ1) is 9.69. The Morgan fingerprint density at radius 3 is 3.05 bits per heavy atom. The molecule has 1 aromatic carbocycles. The van der Waals surface area contributed by atoms with Crippen molar-refractivity contribution in [2.45, 2.75) is 11.1 Å². The number of nitrogens with one attached hydrogen (secondary N) is 2. The van der Waals surface area contributed by atoms with Crippen molar-refractivity contribution in [3.8, 4) is 6.07 Å². The zero-order valence-corrected chi connectivity index (χ0v) is 13.6. The van der Waals surface area contributed by atoms with E-state index in [0.29, 0.717) is 5.56 Å². The topological polar surface area (TPSA) is 64.5 Å². The van der Waals surface area contributed by atoms with E-state index in [-0.39, 0.29) is 0 Å². The van der Waals surface area contributed by atoms with Crippen molar-refractivity contribution in [3.63, 3.8) is 0 Å². The Morgan fingerprint density at radius 1 is 1.50 bits per heavy atom. The third kappa shape index (κ3) is 2.42. The minimum absolute atomic E-state index is 0.658. The molecule has 0 saturated carbocycles. The number of nitriles is 1. The molecule has 0 bridgehead atoms. The first-order valence-electron chi connectivity index (χ1n) is 5.75. The fourth-order valence-electron chi connectivity index (χ4n) is 1.88. The molecule has 7 heteroatoms. The van der Waals surface area contributed by atoms with Crippen molar-refractivity contribution in [1.82, 2.24) is 9.97 Å². The van der Waals surface area contributed by atoms with Crippen LogP contribution in [-0.2, 0) is 0 Å². The third-order valence-corrected chi connectivity index (χ3v) is 5.52. The van der Waals surface area contributed by atoms with Gasteiger partial charge in [-0.3, -0.25) is 0 Å². The van der Waals surface area contributed by atoms with Gasteiger partial charge >= 0.3 is 0 Å². The summed E-state index contributed by atoms with van der Waals surface area (Å²) in [7, 11) is 0. The molecule has 0 unspecified atom stereocenters. The number of nitrogens with zero attached hydrogens (tertiary/aromatic N) is 2. The molecule has 0 aliphatic rings. The van der Waals surface area contributed by atoms with Crippen LogP contribution in [0.3, 0.4) is 0 Å². The molecule has 2 N–H and O–H groups in total. The van der Waals surface area contributed by atoms with Gasteiger partial charge in [0.1, 0.15) is 10.3 Å². The minimum Gasteiger partial charge on any atom is -0.358 e. The second-order valence-electron chi connectivity index (χ2n) is 4.09. The lowest BCUT2D eigenvalue weighted by molar-refractivity contribution is 1.19. The highest BCUT2D eigenvalue weighted by atomic mass is 79.9. The zero-order chi connectivity index (χ0) is 14.1. The summed E-state index contributed by atoms with van der Waals surface area (Å²) in [4.78, 5) is 7.47. The molecule has 0 amide bonds. The molecular weight excluding hydrogens is 356 g/mol. The second-order valence-corrected chi connectivity index (χ2v) is 7.44. The summed E-state index contributed by atoms with van der Waals surface area (Å²) in [6.45, 7) is 1.98. The number of hydrogen-bond acceptors (Lipinski definition) is 5. The van der Waals surface area contributed by atoms with E-state index in [1.165, 1.54) is 11.9 Å². The standard InChI is InChI=1S/C13H9BrN4S2/c1-7-12(19-13(14)17-7)20-18-10-4-2-3-9-8(5-15)6-16-11(9)10/h2-4,6,16,18H,1H3. The average molecular weight is 365 g/mol. The summed E-state index contributed by atoms with van der Waals surface area (Å²) >= 11 is 6.50. The maximum absolute atomic E-state index is 9.06. The lowest BCUT2D eigenvalue weighted by Gasteiger charge is -2.05. The number of para-hydroxylation sites is 1. The number of halogens is 1. The second kappa shape index (κ2) is 5.48. The number of hydrogen-bond donors (Lipinski definition) is 2. The normalized spacial score (nSPS) is 10.7. The van der Waals surface area contributed by atoms with Crippen LogP contribution >= 0.6 is 39.2 Å². The van der Waals surface area contributed by atoms with Crippen LogP contribution in [0.15, 0.2) is 32.5 Å². The van der Waals surface area contributed by atoms with Gasteiger partial charge in [-0.05, 0) is 40.9 Å². The Kier molecular flexibility index (Phi) is 3.70. The third-order valence-electron chi connectivity index (χ3n) is 2.82. The van der Waals surface area contributed by atoms with Gasteiger partial charge in [-0.25, -0.2) is 4.98 Å². The minimum atomic E-state index is 0.658. The van der Waals surface area contributed by atoms with Gasteiger partial charge in [0.05, 0.1) is 22.5 Å². The van der Waals surface area contributed by atoms with Crippen molar-refractivity contribution in [3.05, 3.63) is 39.6 Å². The number of H-pyrrole nitrogens is 1. The van der Waals surface area contributed by atoms with Crippen LogP contribution in [0.1, 0.15) is 11.3 Å². The van der Waals surface area contributed by atoms with Crippen LogP contribution in [0.5, 0.6) is 0 Å². The Bertz CT molecular complexity index is 815. The van der Waals surface area contributed by atoms with Crippen LogP contribution < -0.4 is 4.72 Å². The van der Waals surface area contributed by atoms with Crippen molar-refractivity contribution < 1.29 is 0 Å². The molecule has 2 aromatic heterocycles.